The summed E-state index contributed by atoms with van der Waals surface area (Å²) < 4.78 is 0. The molecule has 0 saturated heterocycles. The van der Waals surface area contributed by atoms with Crippen LogP contribution in [-0.2, 0) is 0 Å². The van der Waals surface area contributed by atoms with Crippen LogP contribution in [0.15, 0.2) is 0 Å². The van der Waals surface area contributed by atoms with Gasteiger partial charge in [-0.05, 0) is 18.8 Å². The number of rotatable bonds is 4. The summed E-state index contributed by atoms with van der Waals surface area (Å²) in [4.78, 5) is 0. The molecule has 0 unspecified atom stereocenters. The van der Waals surface area contributed by atoms with Crippen molar-refractivity contribution in [1.82, 2.24) is 0 Å². The first kappa shape index (κ1) is 9.92. The van der Waals surface area contributed by atoms with Gasteiger partial charge in [-0.2, -0.15) is 0 Å². The molecule has 0 heterocycles. The molecule has 2 nitrogen and oxygen atoms in total. The van der Waals surface area contributed by atoms with Gasteiger partial charge in [-0.3, -0.25) is 0 Å². The zero-order valence-corrected chi connectivity index (χ0v) is 7.04. The van der Waals surface area contributed by atoms with Crippen LogP contribution in [-0.4, -0.2) is 22.9 Å². The molecule has 62 valence electrons. The molecule has 3 atom stereocenters. The zero-order valence-electron chi connectivity index (χ0n) is 7.04. The molecule has 0 rings (SSSR count). The molecule has 2 N–H and O–H groups in total. The van der Waals surface area contributed by atoms with E-state index in [1.165, 1.54) is 0 Å². The quantitative estimate of drug-likeness (QED) is 0.621. The molecule has 0 aromatic carbocycles. The summed E-state index contributed by atoms with van der Waals surface area (Å²) in [6, 6.07) is 0. The average Bonchev–Trinajstić information content (AvgIpc) is 1.90. The van der Waals surface area contributed by atoms with Crippen LogP contribution in [0.4, 0.5) is 0 Å². The number of aliphatic hydroxyl groups excluding tert-OH is 2. The van der Waals surface area contributed by atoms with Crippen LogP contribution in [0, 0.1) is 11.8 Å². The Hall–Kier alpha value is -0.0800. The Morgan fingerprint density at radius 1 is 1.30 bits per heavy atom. The maximum atomic E-state index is 9.14. The first-order valence-corrected chi connectivity index (χ1v) is 3.92. The van der Waals surface area contributed by atoms with Gasteiger partial charge in [0.15, 0.2) is 0 Å². The Labute approximate surface area is 62.9 Å². The third-order valence-corrected chi connectivity index (χ3v) is 2.26. The van der Waals surface area contributed by atoms with Gasteiger partial charge in [0.1, 0.15) is 0 Å². The highest BCUT2D eigenvalue weighted by Crippen LogP contribution is 2.17. The second-order valence-electron chi connectivity index (χ2n) is 2.95. The Kier molecular flexibility index (Phi) is 4.65. The summed E-state index contributed by atoms with van der Waals surface area (Å²) in [6.45, 7) is 5.94. The van der Waals surface area contributed by atoms with Gasteiger partial charge < -0.3 is 10.2 Å². The Morgan fingerprint density at radius 2 is 1.80 bits per heavy atom. The van der Waals surface area contributed by atoms with E-state index in [-0.39, 0.29) is 24.5 Å². The number of hydrogen-bond donors (Lipinski definition) is 2. The van der Waals surface area contributed by atoms with Crippen molar-refractivity contribution in [1.29, 1.82) is 0 Å². The van der Waals surface area contributed by atoms with Crippen LogP contribution in [0.25, 0.3) is 0 Å². The Morgan fingerprint density at radius 3 is 1.90 bits per heavy atom. The molecule has 0 amide bonds. The largest absolute Gasteiger partial charge is 0.396 e. The second kappa shape index (κ2) is 4.69. The van der Waals surface area contributed by atoms with E-state index in [4.69, 9.17) is 10.2 Å². The lowest BCUT2D eigenvalue weighted by Gasteiger charge is -2.22. The van der Waals surface area contributed by atoms with Crippen LogP contribution in [0.5, 0.6) is 0 Å². The first-order valence-electron chi connectivity index (χ1n) is 3.92. The summed E-state index contributed by atoms with van der Waals surface area (Å²) in [5.41, 5.74) is 0. The summed E-state index contributed by atoms with van der Waals surface area (Å²) in [7, 11) is 0. The predicted molar refractivity (Wildman–Crippen MR) is 41.7 cm³/mol. The number of aliphatic hydroxyl groups is 2. The molecule has 2 heteroatoms. The third kappa shape index (κ3) is 2.67. The van der Waals surface area contributed by atoms with E-state index >= 15 is 0 Å². The highest BCUT2D eigenvalue weighted by Gasteiger charge is 2.18. The normalized spacial score (nSPS) is 20.1. The fourth-order valence-electron chi connectivity index (χ4n) is 1.06. The van der Waals surface area contributed by atoms with Crippen LogP contribution in [0.1, 0.15) is 27.2 Å². The van der Waals surface area contributed by atoms with Gasteiger partial charge >= 0.3 is 0 Å². The van der Waals surface area contributed by atoms with Gasteiger partial charge in [0.25, 0.3) is 0 Å². The van der Waals surface area contributed by atoms with Crippen molar-refractivity contribution >= 4 is 0 Å². The highest BCUT2D eigenvalue weighted by atomic mass is 16.3. The summed E-state index contributed by atoms with van der Waals surface area (Å²) in [6.07, 6.45) is 0.625. The SMILES string of the molecule is CC[C@@H](CO)[C@H](C)[C@@H](C)O. The van der Waals surface area contributed by atoms with Crippen LogP contribution >= 0.6 is 0 Å². The molecule has 0 fully saturated rings. The fourth-order valence-corrected chi connectivity index (χ4v) is 1.06. The van der Waals surface area contributed by atoms with Crippen molar-refractivity contribution in [3.8, 4) is 0 Å². The van der Waals surface area contributed by atoms with Gasteiger partial charge in [0, 0.05) is 6.61 Å². The van der Waals surface area contributed by atoms with Crippen molar-refractivity contribution in [2.45, 2.75) is 33.3 Å². The van der Waals surface area contributed by atoms with Gasteiger partial charge in [-0.1, -0.05) is 20.3 Å². The van der Waals surface area contributed by atoms with E-state index in [0.717, 1.165) is 6.42 Å². The summed E-state index contributed by atoms with van der Waals surface area (Å²) in [5.74, 6) is 0.454. The summed E-state index contributed by atoms with van der Waals surface area (Å²) >= 11 is 0. The van der Waals surface area contributed by atoms with Crippen LogP contribution < -0.4 is 0 Å². The monoisotopic (exact) mass is 146 g/mol. The van der Waals surface area contributed by atoms with Crippen molar-refractivity contribution in [2.24, 2.45) is 11.8 Å². The third-order valence-electron chi connectivity index (χ3n) is 2.26. The molecule has 0 aromatic rings. The molecule has 0 saturated carbocycles. The van der Waals surface area contributed by atoms with Gasteiger partial charge in [0.05, 0.1) is 6.10 Å². The van der Waals surface area contributed by atoms with E-state index in [1.54, 1.807) is 6.92 Å². The van der Waals surface area contributed by atoms with Crippen LogP contribution in [0.2, 0.25) is 0 Å². The predicted octanol–water partition coefficient (Wildman–Crippen LogP) is 1.02. The first-order chi connectivity index (χ1) is 4.63. The van der Waals surface area contributed by atoms with E-state index in [0.29, 0.717) is 0 Å². The fraction of sp³-hybridized carbons (Fsp3) is 1.00. The van der Waals surface area contributed by atoms with Crippen molar-refractivity contribution in [3.63, 3.8) is 0 Å². The average molecular weight is 146 g/mol. The summed E-state index contributed by atoms with van der Waals surface area (Å²) in [5, 5.41) is 18.0. The van der Waals surface area contributed by atoms with Crippen LogP contribution in [0.3, 0.4) is 0 Å². The Bertz CT molecular complexity index is 77.3. The Balaban J connectivity index is 3.76. The molecule has 0 aromatic heterocycles. The molecular formula is C8H18O2. The number of hydrogen-bond acceptors (Lipinski definition) is 2. The maximum absolute atomic E-state index is 9.14. The molecule has 0 spiro atoms. The smallest absolute Gasteiger partial charge is 0.0541 e. The molecule has 0 aliphatic rings. The maximum Gasteiger partial charge on any atom is 0.0541 e. The standard InChI is InChI=1S/C8H18O2/c1-4-8(5-9)6(2)7(3)10/h6-10H,4-5H2,1-3H3/t6-,7-,8+/m1/s1. The molecule has 0 aliphatic carbocycles. The van der Waals surface area contributed by atoms with Crippen molar-refractivity contribution < 1.29 is 10.2 Å². The molecule has 0 aliphatic heterocycles. The minimum atomic E-state index is -0.308. The lowest BCUT2D eigenvalue weighted by molar-refractivity contribution is 0.0686. The second-order valence-corrected chi connectivity index (χ2v) is 2.95. The van der Waals surface area contributed by atoms with E-state index in [9.17, 15) is 0 Å². The van der Waals surface area contributed by atoms with E-state index < -0.39 is 0 Å². The lowest BCUT2D eigenvalue weighted by atomic mass is 9.89. The van der Waals surface area contributed by atoms with E-state index in [1.807, 2.05) is 13.8 Å². The molecule has 0 radical (unpaired) electrons. The topological polar surface area (TPSA) is 40.5 Å². The molecular weight excluding hydrogens is 128 g/mol. The lowest BCUT2D eigenvalue weighted by Crippen LogP contribution is -2.24. The van der Waals surface area contributed by atoms with Gasteiger partial charge in [-0.15, -0.1) is 0 Å². The highest BCUT2D eigenvalue weighted by molar-refractivity contribution is 4.67. The van der Waals surface area contributed by atoms with E-state index in [2.05, 4.69) is 0 Å². The molecule has 10 heavy (non-hydrogen) atoms. The molecule has 0 bridgehead atoms. The minimum Gasteiger partial charge on any atom is -0.396 e. The van der Waals surface area contributed by atoms with Gasteiger partial charge in [-0.25, -0.2) is 0 Å². The minimum absolute atomic E-state index is 0.183. The van der Waals surface area contributed by atoms with Crippen molar-refractivity contribution in [3.05, 3.63) is 0 Å². The zero-order chi connectivity index (χ0) is 8.15. The van der Waals surface area contributed by atoms with Crippen molar-refractivity contribution in [2.75, 3.05) is 6.61 Å². The van der Waals surface area contributed by atoms with Gasteiger partial charge in [0.2, 0.25) is 0 Å².